The van der Waals surface area contributed by atoms with E-state index < -0.39 is 23.0 Å². The zero-order valence-electron chi connectivity index (χ0n) is 30.4. The number of hydrogen-bond donors (Lipinski definition) is 3. The molecule has 1 aliphatic rings. The Kier molecular flexibility index (Phi) is 11.5. The number of rotatable bonds is 10. The highest BCUT2D eigenvalue weighted by atomic mass is 32.2. The number of thiophene rings is 1. The summed E-state index contributed by atoms with van der Waals surface area (Å²) in [5.74, 6) is -1.11. The van der Waals surface area contributed by atoms with Gasteiger partial charge in [0.25, 0.3) is 11.8 Å². The summed E-state index contributed by atoms with van der Waals surface area (Å²) in [6.45, 7) is 8.53. The maximum atomic E-state index is 13.8. The number of anilines is 2. The van der Waals surface area contributed by atoms with E-state index in [9.17, 15) is 19.2 Å². The Morgan fingerprint density at radius 1 is 0.906 bits per heavy atom. The highest BCUT2D eigenvalue weighted by molar-refractivity contribution is 8.00. The van der Waals surface area contributed by atoms with Crippen LogP contribution >= 0.6 is 23.1 Å². The molecule has 10 heteroatoms. The highest BCUT2D eigenvalue weighted by Crippen LogP contribution is 2.44. The number of esters is 1. The SMILES string of the molecule is COC(=O)c1c(NC(=O)C(C)Sc2cccc(NC(=O)/C(=C\c3cccc4ccccc34)NC(=O)c3ccccc3)c2)sc2c1CCC(C(C)(C)C)C2. The van der Waals surface area contributed by atoms with Crippen LogP contribution in [0.2, 0.25) is 0 Å². The molecule has 2 unspecified atom stereocenters. The first-order chi connectivity index (χ1) is 25.4. The molecule has 0 saturated carbocycles. The van der Waals surface area contributed by atoms with Crippen molar-refractivity contribution in [3.05, 3.63) is 130 Å². The largest absolute Gasteiger partial charge is 0.465 e. The van der Waals surface area contributed by atoms with E-state index >= 15 is 0 Å². The number of fused-ring (bicyclic) bond motifs is 2. The molecule has 3 N–H and O–H groups in total. The zero-order chi connectivity index (χ0) is 37.7. The summed E-state index contributed by atoms with van der Waals surface area (Å²) in [5, 5.41) is 10.7. The molecule has 0 aliphatic heterocycles. The summed E-state index contributed by atoms with van der Waals surface area (Å²) >= 11 is 2.80. The van der Waals surface area contributed by atoms with E-state index in [1.165, 1.54) is 30.2 Å². The molecular weight excluding hydrogens is 703 g/mol. The van der Waals surface area contributed by atoms with E-state index in [1.807, 2.05) is 54.6 Å². The van der Waals surface area contributed by atoms with Crippen LogP contribution in [-0.2, 0) is 27.2 Å². The second-order valence-electron chi connectivity index (χ2n) is 14.2. The molecule has 1 aromatic heterocycles. The van der Waals surface area contributed by atoms with Crippen LogP contribution in [0, 0.1) is 11.3 Å². The van der Waals surface area contributed by atoms with Crippen LogP contribution in [0.1, 0.15) is 70.8 Å². The van der Waals surface area contributed by atoms with Crippen LogP contribution in [-0.4, -0.2) is 36.1 Å². The third kappa shape index (κ3) is 8.89. The standard InChI is InChI=1S/C43H43N3O5S2/c1-26(38(47)46-41-37(42(50)51-5)34-22-21-30(43(2,3)4)24-36(34)53-41)52-32-19-12-18-31(25-32)44-40(49)35(45-39(48)28-14-7-6-8-15-28)23-29-17-11-16-27-13-9-10-20-33(27)29/h6-20,23,25-26,30H,21-22,24H2,1-5H3,(H,44,49)(H,45,48)(H,46,47)/b35-23+. The van der Waals surface area contributed by atoms with Gasteiger partial charge in [0.1, 0.15) is 10.7 Å². The van der Waals surface area contributed by atoms with Crippen molar-refractivity contribution in [1.29, 1.82) is 0 Å². The van der Waals surface area contributed by atoms with Gasteiger partial charge in [-0.15, -0.1) is 23.1 Å². The fourth-order valence-electron chi connectivity index (χ4n) is 6.52. The van der Waals surface area contributed by atoms with Gasteiger partial charge in [-0.3, -0.25) is 14.4 Å². The molecule has 2 atom stereocenters. The number of ether oxygens (including phenoxy) is 1. The van der Waals surface area contributed by atoms with Crippen LogP contribution in [0.4, 0.5) is 10.7 Å². The molecule has 53 heavy (non-hydrogen) atoms. The predicted octanol–water partition coefficient (Wildman–Crippen LogP) is 9.37. The Balaban J connectivity index is 1.19. The summed E-state index contributed by atoms with van der Waals surface area (Å²) in [7, 11) is 1.36. The molecule has 0 fully saturated rings. The number of amides is 3. The van der Waals surface area contributed by atoms with E-state index in [0.29, 0.717) is 27.7 Å². The molecule has 1 aliphatic carbocycles. The fraction of sp³-hybridized carbons (Fsp3) is 0.256. The van der Waals surface area contributed by atoms with Crippen LogP contribution in [0.5, 0.6) is 0 Å². The number of carbonyl (C=O) groups is 4. The van der Waals surface area contributed by atoms with Gasteiger partial charge in [0.05, 0.1) is 17.9 Å². The first kappa shape index (κ1) is 37.6. The molecule has 272 valence electrons. The third-order valence-electron chi connectivity index (χ3n) is 9.54. The van der Waals surface area contributed by atoms with Gasteiger partial charge in [0.15, 0.2) is 0 Å². The summed E-state index contributed by atoms with van der Waals surface area (Å²) < 4.78 is 5.14. The van der Waals surface area contributed by atoms with Crippen molar-refractivity contribution in [2.75, 3.05) is 17.7 Å². The van der Waals surface area contributed by atoms with Crippen molar-refractivity contribution in [2.45, 2.75) is 57.1 Å². The highest BCUT2D eigenvalue weighted by Gasteiger charge is 2.34. The monoisotopic (exact) mass is 745 g/mol. The molecular formula is C43H43N3O5S2. The summed E-state index contributed by atoms with van der Waals surface area (Å²) in [6.07, 6.45) is 4.29. The lowest BCUT2D eigenvalue weighted by Gasteiger charge is -2.33. The number of methoxy groups -OCH3 is 1. The first-order valence-electron chi connectivity index (χ1n) is 17.6. The average Bonchev–Trinajstić information content (AvgIpc) is 3.51. The lowest BCUT2D eigenvalue weighted by atomic mass is 9.72. The van der Waals surface area contributed by atoms with Gasteiger partial charge in [-0.05, 0) is 95.8 Å². The van der Waals surface area contributed by atoms with E-state index in [-0.39, 0.29) is 17.0 Å². The molecule has 3 amide bonds. The van der Waals surface area contributed by atoms with Crippen LogP contribution in [0.15, 0.2) is 108 Å². The minimum absolute atomic E-state index is 0.0786. The summed E-state index contributed by atoms with van der Waals surface area (Å²) in [6, 6.07) is 29.6. The molecule has 1 heterocycles. The number of benzene rings is 4. The van der Waals surface area contributed by atoms with Gasteiger partial charge >= 0.3 is 5.97 Å². The molecule has 4 aromatic carbocycles. The number of nitrogens with one attached hydrogen (secondary N) is 3. The van der Waals surface area contributed by atoms with Crippen molar-refractivity contribution in [3.63, 3.8) is 0 Å². The first-order valence-corrected chi connectivity index (χ1v) is 19.3. The molecule has 0 saturated heterocycles. The lowest BCUT2D eigenvalue weighted by Crippen LogP contribution is -2.30. The van der Waals surface area contributed by atoms with Crippen molar-refractivity contribution in [2.24, 2.45) is 11.3 Å². The van der Waals surface area contributed by atoms with E-state index in [0.717, 1.165) is 50.9 Å². The normalized spacial score (nSPS) is 14.9. The quantitative estimate of drug-likeness (QED) is 0.0746. The Morgan fingerprint density at radius 3 is 2.38 bits per heavy atom. The van der Waals surface area contributed by atoms with Gasteiger partial charge in [-0.25, -0.2) is 4.79 Å². The minimum Gasteiger partial charge on any atom is -0.465 e. The molecule has 0 bridgehead atoms. The fourth-order valence-corrected chi connectivity index (χ4v) is 8.77. The molecule has 8 nitrogen and oxygen atoms in total. The van der Waals surface area contributed by atoms with Gasteiger partial charge in [0, 0.05) is 21.0 Å². The number of hydrogen-bond acceptors (Lipinski definition) is 7. The Morgan fingerprint density at radius 2 is 1.62 bits per heavy atom. The Hall–Kier alpha value is -5.19. The van der Waals surface area contributed by atoms with Crippen molar-refractivity contribution in [3.8, 4) is 0 Å². The molecule has 0 spiro atoms. The topological polar surface area (TPSA) is 114 Å². The second-order valence-corrected chi connectivity index (χ2v) is 16.7. The molecule has 0 radical (unpaired) electrons. The van der Waals surface area contributed by atoms with Gasteiger partial charge in [-0.2, -0.15) is 0 Å². The van der Waals surface area contributed by atoms with Crippen LogP contribution < -0.4 is 16.0 Å². The predicted molar refractivity (Wildman–Crippen MR) is 215 cm³/mol. The second kappa shape index (κ2) is 16.2. The minimum atomic E-state index is -0.528. The van der Waals surface area contributed by atoms with Crippen molar-refractivity contribution in [1.82, 2.24) is 5.32 Å². The lowest BCUT2D eigenvalue weighted by molar-refractivity contribution is -0.115. The maximum Gasteiger partial charge on any atom is 0.341 e. The molecule has 5 aromatic rings. The summed E-state index contributed by atoms with van der Waals surface area (Å²) in [5.41, 5.74) is 3.36. The Bertz CT molecular complexity index is 2200. The average molecular weight is 746 g/mol. The van der Waals surface area contributed by atoms with E-state index in [4.69, 9.17) is 4.74 Å². The molecule has 6 rings (SSSR count). The van der Waals surface area contributed by atoms with Crippen LogP contribution in [0.3, 0.4) is 0 Å². The van der Waals surface area contributed by atoms with Crippen LogP contribution in [0.25, 0.3) is 16.8 Å². The maximum absolute atomic E-state index is 13.8. The van der Waals surface area contributed by atoms with Crippen molar-refractivity contribution >= 4 is 74.3 Å². The third-order valence-corrected chi connectivity index (χ3v) is 11.8. The number of thioether (sulfide) groups is 1. The summed E-state index contributed by atoms with van der Waals surface area (Å²) in [4.78, 5) is 55.4. The van der Waals surface area contributed by atoms with Gasteiger partial charge in [0.2, 0.25) is 5.91 Å². The van der Waals surface area contributed by atoms with E-state index in [2.05, 4.69) is 36.7 Å². The van der Waals surface area contributed by atoms with Gasteiger partial charge in [-0.1, -0.05) is 87.5 Å². The Labute approximate surface area is 318 Å². The zero-order valence-corrected chi connectivity index (χ0v) is 32.1. The van der Waals surface area contributed by atoms with E-state index in [1.54, 1.807) is 55.5 Å². The smallest absolute Gasteiger partial charge is 0.341 e. The van der Waals surface area contributed by atoms with Crippen molar-refractivity contribution < 1.29 is 23.9 Å². The van der Waals surface area contributed by atoms with Gasteiger partial charge < -0.3 is 20.7 Å². The number of carbonyl (C=O) groups excluding carboxylic acids is 4.